The summed E-state index contributed by atoms with van der Waals surface area (Å²) in [4.78, 5) is 35.3. The Hall–Kier alpha value is -4.51. The lowest BCUT2D eigenvalue weighted by Gasteiger charge is -2.09. The van der Waals surface area contributed by atoms with Gasteiger partial charge in [-0.2, -0.15) is 5.10 Å². The van der Waals surface area contributed by atoms with Crippen molar-refractivity contribution in [2.75, 3.05) is 5.32 Å². The Kier molecular flexibility index (Phi) is 5.91. The fourth-order valence-corrected chi connectivity index (χ4v) is 5.25. The average Bonchev–Trinajstić information content (AvgIpc) is 3.61. The van der Waals surface area contributed by atoms with Crippen molar-refractivity contribution in [2.24, 2.45) is 5.92 Å². The van der Waals surface area contributed by atoms with Crippen molar-refractivity contribution in [1.29, 1.82) is 0 Å². The summed E-state index contributed by atoms with van der Waals surface area (Å²) in [5.41, 5.74) is 4.13. The van der Waals surface area contributed by atoms with Gasteiger partial charge in [-0.3, -0.25) is 24.8 Å². The van der Waals surface area contributed by atoms with E-state index in [0.717, 1.165) is 21.5 Å². The molecule has 0 unspecified atom stereocenters. The van der Waals surface area contributed by atoms with E-state index in [0.29, 0.717) is 34.7 Å². The molecular formula is C27H23FN8OS. The number of anilines is 1. The second-order valence-corrected chi connectivity index (χ2v) is 10.8. The Labute approximate surface area is 220 Å². The third-order valence-corrected chi connectivity index (χ3v) is 7.09. The Morgan fingerprint density at radius 1 is 1.08 bits per heavy atom. The van der Waals surface area contributed by atoms with E-state index in [-0.39, 0.29) is 22.9 Å². The Bertz CT molecular complexity index is 1820. The molecule has 38 heavy (non-hydrogen) atoms. The number of nitrogens with zero attached hydrogens (tertiary/aromatic N) is 5. The molecule has 0 aromatic carbocycles. The van der Waals surface area contributed by atoms with Crippen molar-refractivity contribution < 1.29 is 9.18 Å². The number of aryl methyl sites for hydroxylation is 1. The van der Waals surface area contributed by atoms with E-state index in [1.54, 1.807) is 29.8 Å². The summed E-state index contributed by atoms with van der Waals surface area (Å²) in [5.74, 6) is -0.0628. The first-order chi connectivity index (χ1) is 18.4. The third-order valence-electron chi connectivity index (χ3n) is 6.06. The van der Waals surface area contributed by atoms with Gasteiger partial charge in [0.1, 0.15) is 16.9 Å². The second-order valence-electron chi connectivity index (χ2n) is 9.47. The molecule has 0 aliphatic rings. The molecule has 0 fully saturated rings. The molecule has 190 valence electrons. The first kappa shape index (κ1) is 23.9. The Morgan fingerprint density at radius 3 is 2.71 bits per heavy atom. The summed E-state index contributed by atoms with van der Waals surface area (Å²) in [6.45, 7) is 5.98. The number of hydrogen-bond donors (Lipinski definition) is 3. The van der Waals surface area contributed by atoms with Gasteiger partial charge in [-0.25, -0.2) is 9.37 Å². The molecule has 0 radical (unpaired) electrons. The van der Waals surface area contributed by atoms with E-state index in [4.69, 9.17) is 4.98 Å². The van der Waals surface area contributed by atoms with Gasteiger partial charge in [0.2, 0.25) is 5.91 Å². The van der Waals surface area contributed by atoms with Gasteiger partial charge in [0.25, 0.3) is 0 Å². The molecule has 0 saturated heterocycles. The predicted molar refractivity (Wildman–Crippen MR) is 146 cm³/mol. The van der Waals surface area contributed by atoms with Crippen molar-refractivity contribution in [1.82, 2.24) is 35.1 Å². The molecule has 0 aliphatic heterocycles. The fraction of sp³-hybridized carbons (Fsp3) is 0.185. The van der Waals surface area contributed by atoms with Gasteiger partial charge in [-0.15, -0.1) is 11.3 Å². The molecule has 0 spiro atoms. The smallest absolute Gasteiger partial charge is 0.224 e. The van der Waals surface area contributed by atoms with Crippen molar-refractivity contribution in [3.63, 3.8) is 0 Å². The zero-order valence-electron chi connectivity index (χ0n) is 20.8. The number of pyridine rings is 3. The minimum absolute atomic E-state index is 0.0973. The summed E-state index contributed by atoms with van der Waals surface area (Å²) in [6, 6.07) is 5.75. The molecule has 0 aliphatic carbocycles. The van der Waals surface area contributed by atoms with Crippen LogP contribution in [0.15, 0.2) is 49.2 Å². The molecule has 0 atom stereocenters. The number of nitrogens with one attached hydrogen (secondary N) is 3. The maximum Gasteiger partial charge on any atom is 0.224 e. The van der Waals surface area contributed by atoms with E-state index in [2.05, 4.69) is 41.5 Å². The van der Waals surface area contributed by atoms with E-state index < -0.39 is 5.82 Å². The molecule has 3 N–H and O–H groups in total. The number of amides is 1. The topological polar surface area (TPSA) is 125 Å². The highest BCUT2D eigenvalue weighted by atomic mass is 32.1. The normalized spacial score (nSPS) is 11.6. The van der Waals surface area contributed by atoms with Crippen molar-refractivity contribution in [3.8, 4) is 33.2 Å². The number of fused-ring (bicyclic) bond motifs is 2. The van der Waals surface area contributed by atoms with Crippen molar-refractivity contribution in [2.45, 2.75) is 27.2 Å². The van der Waals surface area contributed by atoms with Crippen LogP contribution in [0, 0.1) is 18.7 Å². The van der Waals surface area contributed by atoms with Crippen molar-refractivity contribution >= 4 is 44.9 Å². The number of H-pyrrole nitrogens is 2. The van der Waals surface area contributed by atoms with Crippen LogP contribution in [-0.2, 0) is 4.79 Å². The van der Waals surface area contributed by atoms with Crippen LogP contribution in [0.3, 0.4) is 0 Å². The fourth-order valence-electron chi connectivity index (χ4n) is 4.37. The van der Waals surface area contributed by atoms with Crippen LogP contribution < -0.4 is 5.32 Å². The first-order valence-electron chi connectivity index (χ1n) is 12.1. The van der Waals surface area contributed by atoms with E-state index in [1.165, 1.54) is 23.5 Å². The Morgan fingerprint density at radius 2 is 1.92 bits per heavy atom. The zero-order chi connectivity index (χ0) is 26.4. The van der Waals surface area contributed by atoms with E-state index >= 15 is 4.39 Å². The number of aromatic nitrogens is 7. The lowest BCUT2D eigenvalue weighted by Crippen LogP contribution is -2.14. The average molecular weight is 527 g/mol. The van der Waals surface area contributed by atoms with Crippen LogP contribution in [0.2, 0.25) is 0 Å². The van der Waals surface area contributed by atoms with E-state index in [1.807, 2.05) is 26.8 Å². The third kappa shape index (κ3) is 4.30. The van der Waals surface area contributed by atoms with E-state index in [9.17, 15) is 4.79 Å². The maximum atomic E-state index is 16.0. The van der Waals surface area contributed by atoms with Crippen LogP contribution in [0.4, 0.5) is 10.1 Å². The van der Waals surface area contributed by atoms with Crippen molar-refractivity contribution in [3.05, 3.63) is 59.9 Å². The number of hydrogen-bond acceptors (Lipinski definition) is 7. The second kappa shape index (κ2) is 9.42. The summed E-state index contributed by atoms with van der Waals surface area (Å²) < 4.78 is 16.0. The van der Waals surface area contributed by atoms with Crippen LogP contribution in [-0.4, -0.2) is 41.0 Å². The minimum atomic E-state index is -0.564. The molecule has 6 aromatic rings. The molecule has 6 aromatic heterocycles. The summed E-state index contributed by atoms with van der Waals surface area (Å²) in [7, 11) is 0. The first-order valence-corrected chi connectivity index (χ1v) is 12.9. The SMILES string of the molecule is Cc1ccc(-c2cncc3[nH]c(-c4n[nH]c5cnc(-c6cncc(NC(=O)CC(C)C)c6)c(F)c45)nc23)s1. The van der Waals surface area contributed by atoms with Crippen LogP contribution in [0.5, 0.6) is 0 Å². The number of aromatic amines is 2. The number of halogens is 1. The molecule has 11 heteroatoms. The number of imidazole rings is 1. The molecule has 6 heterocycles. The standard InChI is InChI=1S/C27H23FN8OS/c1-13(2)6-21(37)32-16-7-15(8-29-9-16)24-23(28)22-18(12-31-24)35-36-26(22)27-33-19-11-30-10-17(25(19)34-27)20-5-4-14(3)38-20/h4-5,7-13H,6H2,1-3H3,(H,32,37)(H,33,34)(H,35,36). The van der Waals surface area contributed by atoms with Gasteiger partial charge >= 0.3 is 0 Å². The number of thiophene rings is 1. The summed E-state index contributed by atoms with van der Waals surface area (Å²) in [6.07, 6.45) is 8.41. The predicted octanol–water partition coefficient (Wildman–Crippen LogP) is 6.12. The lowest BCUT2D eigenvalue weighted by molar-refractivity contribution is -0.116. The molecule has 0 saturated carbocycles. The van der Waals surface area contributed by atoms with Crippen LogP contribution >= 0.6 is 11.3 Å². The van der Waals surface area contributed by atoms with Crippen LogP contribution in [0.25, 0.3) is 55.2 Å². The Balaban J connectivity index is 1.42. The summed E-state index contributed by atoms with van der Waals surface area (Å²) >= 11 is 1.66. The zero-order valence-corrected chi connectivity index (χ0v) is 21.7. The van der Waals surface area contributed by atoms with Gasteiger partial charge in [0.15, 0.2) is 11.6 Å². The number of carbonyl (C=O) groups excluding carboxylic acids is 1. The van der Waals surface area contributed by atoms with Gasteiger partial charge in [0, 0.05) is 39.7 Å². The molecule has 6 rings (SSSR count). The molecule has 1 amide bonds. The number of rotatable bonds is 6. The van der Waals surface area contributed by atoms with Gasteiger partial charge in [-0.05, 0) is 31.0 Å². The monoisotopic (exact) mass is 526 g/mol. The quantitative estimate of drug-likeness (QED) is 0.240. The lowest BCUT2D eigenvalue weighted by atomic mass is 10.1. The minimum Gasteiger partial charge on any atom is -0.335 e. The van der Waals surface area contributed by atoms with Crippen LogP contribution in [0.1, 0.15) is 25.1 Å². The highest BCUT2D eigenvalue weighted by Crippen LogP contribution is 2.36. The highest BCUT2D eigenvalue weighted by molar-refractivity contribution is 7.15. The molecule has 0 bridgehead atoms. The maximum absolute atomic E-state index is 16.0. The largest absolute Gasteiger partial charge is 0.335 e. The molecular weight excluding hydrogens is 503 g/mol. The van der Waals surface area contributed by atoms with Gasteiger partial charge in [-0.1, -0.05) is 13.8 Å². The summed E-state index contributed by atoms with van der Waals surface area (Å²) in [5, 5.41) is 10.3. The highest BCUT2D eigenvalue weighted by Gasteiger charge is 2.22. The number of carbonyl (C=O) groups is 1. The van der Waals surface area contributed by atoms with Gasteiger partial charge in [0.05, 0.1) is 40.7 Å². The van der Waals surface area contributed by atoms with Gasteiger partial charge < -0.3 is 10.3 Å². The molecule has 9 nitrogen and oxygen atoms in total.